The van der Waals surface area contributed by atoms with Crippen molar-refractivity contribution in [2.24, 2.45) is 0 Å². The van der Waals surface area contributed by atoms with Gasteiger partial charge in [-0.1, -0.05) is 18.2 Å². The van der Waals surface area contributed by atoms with E-state index in [9.17, 15) is 9.59 Å². The Hall–Kier alpha value is -5.15. The Balaban J connectivity index is 0.00000294. The highest BCUT2D eigenvalue weighted by Crippen LogP contribution is 2.33. The van der Waals surface area contributed by atoms with Gasteiger partial charge < -0.3 is 10.6 Å². The second-order valence-corrected chi connectivity index (χ2v) is 8.31. The number of H-pyrrole nitrogens is 1. The van der Waals surface area contributed by atoms with E-state index >= 15 is 0 Å². The Morgan fingerprint density at radius 1 is 0.711 bits per heavy atom. The lowest BCUT2D eigenvalue weighted by atomic mass is 9.98. The number of hydrogen-bond donors (Lipinski definition) is 3. The maximum atomic E-state index is 12.9. The molecule has 3 N–H and O–H groups in total. The quantitative estimate of drug-likeness (QED) is 0.275. The predicted molar refractivity (Wildman–Crippen MR) is 148 cm³/mol. The molecule has 0 radical (unpaired) electrons. The maximum Gasteiger partial charge on any atom is 0.276 e. The van der Waals surface area contributed by atoms with E-state index in [2.05, 4.69) is 35.8 Å². The fourth-order valence-electron chi connectivity index (χ4n) is 4.21. The summed E-state index contributed by atoms with van der Waals surface area (Å²) in [5.74, 6) is -0.582. The first-order valence-electron chi connectivity index (χ1n) is 11.5. The second kappa shape index (κ2) is 10.5. The van der Waals surface area contributed by atoms with E-state index in [1.165, 1.54) is 6.20 Å². The third-order valence-corrected chi connectivity index (χ3v) is 6.00. The first-order chi connectivity index (χ1) is 18.2. The fraction of sp³-hybridized carbons (Fsp3) is 0. The van der Waals surface area contributed by atoms with Gasteiger partial charge >= 0.3 is 0 Å². The minimum absolute atomic E-state index is 0. The number of benzene rings is 2. The molecule has 186 valence electrons. The highest BCUT2D eigenvalue weighted by Gasteiger charge is 2.17. The summed E-state index contributed by atoms with van der Waals surface area (Å²) in [6.07, 6.45) is 9.85. The van der Waals surface area contributed by atoms with E-state index in [1.54, 1.807) is 55.2 Å². The van der Waals surface area contributed by atoms with Crippen molar-refractivity contribution in [3.63, 3.8) is 0 Å². The zero-order valence-corrected chi connectivity index (χ0v) is 20.6. The number of hydrogen-bond acceptors (Lipinski definition) is 6. The highest BCUT2D eigenvalue weighted by atomic mass is 35.5. The van der Waals surface area contributed by atoms with Crippen molar-refractivity contribution < 1.29 is 9.59 Å². The zero-order chi connectivity index (χ0) is 25.2. The molecule has 38 heavy (non-hydrogen) atoms. The number of aromatic nitrogens is 5. The van der Waals surface area contributed by atoms with Gasteiger partial charge in [0, 0.05) is 59.2 Å². The number of nitrogens with zero attached hydrogens (tertiary/aromatic N) is 4. The molecule has 0 bridgehead atoms. The average molecular weight is 522 g/mol. The van der Waals surface area contributed by atoms with E-state index in [1.807, 2.05) is 36.4 Å². The van der Waals surface area contributed by atoms with Crippen LogP contribution in [0.15, 0.2) is 97.8 Å². The molecule has 0 aliphatic heterocycles. The summed E-state index contributed by atoms with van der Waals surface area (Å²) in [4.78, 5) is 38.1. The molecular formula is C28H20ClN7O2. The lowest BCUT2D eigenvalue weighted by molar-refractivity contribution is 0.101. The fourth-order valence-corrected chi connectivity index (χ4v) is 4.21. The molecule has 0 aliphatic rings. The molecule has 4 heterocycles. The van der Waals surface area contributed by atoms with Gasteiger partial charge in [-0.05, 0) is 53.4 Å². The van der Waals surface area contributed by atoms with Crippen LogP contribution in [-0.4, -0.2) is 37.0 Å². The van der Waals surface area contributed by atoms with E-state index in [4.69, 9.17) is 0 Å². The molecule has 0 atom stereocenters. The van der Waals surface area contributed by atoms with Crippen molar-refractivity contribution in [3.05, 3.63) is 109 Å². The molecule has 9 nitrogen and oxygen atoms in total. The molecule has 6 rings (SSSR count). The van der Waals surface area contributed by atoms with Crippen molar-refractivity contribution in [1.29, 1.82) is 0 Å². The van der Waals surface area contributed by atoms with Crippen LogP contribution in [0, 0.1) is 0 Å². The number of carbonyl (C=O) groups is 2. The molecule has 0 saturated heterocycles. The van der Waals surface area contributed by atoms with Crippen molar-refractivity contribution in [2.45, 2.75) is 0 Å². The van der Waals surface area contributed by atoms with Gasteiger partial charge in [-0.3, -0.25) is 29.6 Å². The molecule has 6 aromatic rings. The minimum atomic E-state index is -0.328. The number of nitrogens with one attached hydrogen (secondary N) is 3. The van der Waals surface area contributed by atoms with Crippen LogP contribution in [0.1, 0.15) is 20.8 Å². The molecule has 0 saturated carbocycles. The molecule has 0 aliphatic carbocycles. The standard InChI is InChI=1S/C28H19N7O2.ClH/c36-27(18-3-2-10-30-14-18)33-24-5-1-4-20-22(15-31-16-23(20)24)17-6-7-25-21(13-17)26(35-34-25)28(37)32-19-8-11-29-12-9-19;/h1-16H,(H,33,36)(H,34,35)(H,29,32,37);1H. The van der Waals surface area contributed by atoms with Gasteiger partial charge in [0.25, 0.3) is 11.8 Å². The van der Waals surface area contributed by atoms with Gasteiger partial charge in [0.2, 0.25) is 0 Å². The Morgan fingerprint density at radius 3 is 2.39 bits per heavy atom. The smallest absolute Gasteiger partial charge is 0.276 e. The van der Waals surface area contributed by atoms with Crippen LogP contribution >= 0.6 is 12.4 Å². The topological polar surface area (TPSA) is 126 Å². The third kappa shape index (κ3) is 4.65. The summed E-state index contributed by atoms with van der Waals surface area (Å²) >= 11 is 0. The Bertz CT molecular complexity index is 1770. The summed E-state index contributed by atoms with van der Waals surface area (Å²) in [7, 11) is 0. The van der Waals surface area contributed by atoms with Crippen LogP contribution in [0.3, 0.4) is 0 Å². The summed E-state index contributed by atoms with van der Waals surface area (Å²) in [5, 5.41) is 15.4. The monoisotopic (exact) mass is 521 g/mol. The molecule has 2 amide bonds. The zero-order valence-electron chi connectivity index (χ0n) is 19.8. The number of aromatic amines is 1. The van der Waals surface area contributed by atoms with Crippen LogP contribution in [0.5, 0.6) is 0 Å². The van der Waals surface area contributed by atoms with E-state index in [0.717, 1.165) is 27.4 Å². The van der Waals surface area contributed by atoms with Crippen LogP contribution < -0.4 is 10.6 Å². The molecule has 2 aromatic carbocycles. The molecule has 10 heteroatoms. The summed E-state index contributed by atoms with van der Waals surface area (Å²) in [5.41, 5.74) is 4.48. The number of carbonyl (C=O) groups excluding carboxylic acids is 2. The first kappa shape index (κ1) is 24.5. The Morgan fingerprint density at radius 2 is 1.58 bits per heavy atom. The van der Waals surface area contributed by atoms with Crippen LogP contribution in [-0.2, 0) is 0 Å². The third-order valence-electron chi connectivity index (χ3n) is 6.00. The normalized spacial score (nSPS) is 10.6. The largest absolute Gasteiger partial charge is 0.321 e. The van der Waals surface area contributed by atoms with Gasteiger partial charge in [0.05, 0.1) is 16.8 Å². The van der Waals surface area contributed by atoms with Gasteiger partial charge in [-0.2, -0.15) is 5.10 Å². The Labute approximate surface area is 222 Å². The summed E-state index contributed by atoms with van der Waals surface area (Å²) < 4.78 is 0. The second-order valence-electron chi connectivity index (χ2n) is 8.31. The number of pyridine rings is 3. The first-order valence-corrected chi connectivity index (χ1v) is 11.5. The van der Waals surface area contributed by atoms with Crippen molar-refractivity contribution in [2.75, 3.05) is 10.6 Å². The average Bonchev–Trinajstić information content (AvgIpc) is 3.37. The Kier molecular flexibility index (Phi) is 6.75. The van der Waals surface area contributed by atoms with Crippen molar-refractivity contribution >= 4 is 57.3 Å². The number of fused-ring (bicyclic) bond motifs is 2. The lowest BCUT2D eigenvalue weighted by Gasteiger charge is -2.12. The molecule has 4 aromatic heterocycles. The van der Waals surface area contributed by atoms with Gasteiger partial charge in [0.15, 0.2) is 5.69 Å². The van der Waals surface area contributed by atoms with Gasteiger partial charge in [-0.15, -0.1) is 12.4 Å². The van der Waals surface area contributed by atoms with Gasteiger partial charge in [-0.25, -0.2) is 0 Å². The van der Waals surface area contributed by atoms with Crippen LogP contribution in [0.25, 0.3) is 32.8 Å². The van der Waals surface area contributed by atoms with Gasteiger partial charge in [0.1, 0.15) is 0 Å². The van der Waals surface area contributed by atoms with E-state index < -0.39 is 0 Å². The number of amides is 2. The summed E-state index contributed by atoms with van der Waals surface area (Å²) in [6.45, 7) is 0. The summed E-state index contributed by atoms with van der Waals surface area (Å²) in [6, 6.07) is 18.3. The highest BCUT2D eigenvalue weighted by molar-refractivity contribution is 6.13. The molecule has 0 fully saturated rings. The van der Waals surface area contributed by atoms with Crippen LogP contribution in [0.2, 0.25) is 0 Å². The molecular weight excluding hydrogens is 502 g/mol. The predicted octanol–water partition coefficient (Wildman–Crippen LogP) is 5.49. The van der Waals surface area contributed by atoms with Crippen LogP contribution in [0.4, 0.5) is 11.4 Å². The minimum Gasteiger partial charge on any atom is -0.321 e. The van der Waals surface area contributed by atoms with E-state index in [-0.39, 0.29) is 29.9 Å². The lowest BCUT2D eigenvalue weighted by Crippen LogP contribution is -2.12. The number of rotatable bonds is 5. The van der Waals surface area contributed by atoms with E-state index in [0.29, 0.717) is 22.3 Å². The van der Waals surface area contributed by atoms with Crippen molar-refractivity contribution in [3.8, 4) is 11.1 Å². The SMILES string of the molecule is Cl.O=C(Nc1cccc2c(-c3ccc4[nH]nc(C(=O)Nc5ccncc5)c4c3)cncc12)c1cccnc1. The number of anilines is 2. The van der Waals surface area contributed by atoms with Crippen molar-refractivity contribution in [1.82, 2.24) is 25.1 Å². The molecule has 0 unspecified atom stereocenters. The maximum absolute atomic E-state index is 12.9. The number of halogens is 1. The molecule has 0 spiro atoms.